The molecular formula is C34H40F2N6O2. The number of carbonyl (C=O) groups excluding carboxylic acids is 1. The first kappa shape index (κ1) is 30.0. The number of anilines is 3. The van der Waals surface area contributed by atoms with Gasteiger partial charge in [-0.15, -0.1) is 0 Å². The molecule has 8 nitrogen and oxygen atoms in total. The van der Waals surface area contributed by atoms with Gasteiger partial charge in [-0.05, 0) is 106 Å². The summed E-state index contributed by atoms with van der Waals surface area (Å²) in [6.45, 7) is 8.72. The molecule has 0 spiro atoms. The number of aromatic amines is 1. The zero-order valence-corrected chi connectivity index (χ0v) is 25.2. The number of nitrogens with zero attached hydrogens (tertiary/aromatic N) is 3. The van der Waals surface area contributed by atoms with E-state index < -0.39 is 11.6 Å². The van der Waals surface area contributed by atoms with Gasteiger partial charge in [0.25, 0.3) is 5.91 Å². The number of rotatable bonds is 11. The lowest BCUT2D eigenvalue weighted by Gasteiger charge is -2.29. The second-order valence-corrected chi connectivity index (χ2v) is 11.8. The molecule has 2 aliphatic heterocycles. The van der Waals surface area contributed by atoms with Crippen LogP contribution in [-0.2, 0) is 11.2 Å². The van der Waals surface area contributed by atoms with Gasteiger partial charge in [0.05, 0.1) is 11.1 Å². The van der Waals surface area contributed by atoms with Gasteiger partial charge < -0.3 is 25.2 Å². The van der Waals surface area contributed by atoms with Crippen LogP contribution in [0.3, 0.4) is 0 Å². The Hall–Kier alpha value is -4.02. The first-order valence-electron chi connectivity index (χ1n) is 15.6. The molecule has 10 heteroatoms. The Bertz CT molecular complexity index is 1580. The second kappa shape index (κ2) is 13.7. The first-order chi connectivity index (χ1) is 21.4. The number of aromatic nitrogens is 2. The average Bonchev–Trinajstić information content (AvgIpc) is 3.68. The van der Waals surface area contributed by atoms with E-state index in [1.807, 2.05) is 30.3 Å². The minimum atomic E-state index is -0.609. The van der Waals surface area contributed by atoms with E-state index in [1.54, 1.807) is 0 Å². The lowest BCUT2D eigenvalue weighted by atomic mass is 10.0. The van der Waals surface area contributed by atoms with E-state index in [9.17, 15) is 13.6 Å². The third kappa shape index (κ3) is 7.19. The van der Waals surface area contributed by atoms with E-state index in [-0.39, 0.29) is 11.9 Å². The molecule has 3 aromatic carbocycles. The largest absolute Gasteiger partial charge is 0.381 e. The Balaban J connectivity index is 1.23. The van der Waals surface area contributed by atoms with Crippen LogP contribution in [0.1, 0.15) is 54.1 Å². The molecule has 232 valence electrons. The SMILES string of the molecule is CCN(CCN1CCCC1)c1ccc(C(=O)Nc2n[nH]c3ccc(Cc4cc(F)cc(F)c4)cc23)c(NC2CCOCC2)c1. The fraction of sp³-hybridized carbons (Fsp3) is 0.412. The maximum absolute atomic E-state index is 13.8. The fourth-order valence-electron chi connectivity index (χ4n) is 6.24. The van der Waals surface area contributed by atoms with E-state index in [4.69, 9.17) is 4.74 Å². The monoisotopic (exact) mass is 602 g/mol. The third-order valence-electron chi connectivity index (χ3n) is 8.65. The van der Waals surface area contributed by atoms with E-state index >= 15 is 0 Å². The molecule has 0 atom stereocenters. The molecule has 2 fully saturated rings. The molecule has 0 bridgehead atoms. The van der Waals surface area contributed by atoms with E-state index in [0.29, 0.717) is 36.6 Å². The summed E-state index contributed by atoms with van der Waals surface area (Å²) in [6, 6.07) is 15.4. The van der Waals surface area contributed by atoms with E-state index in [0.717, 1.165) is 66.4 Å². The number of hydrogen-bond donors (Lipinski definition) is 3. The molecule has 6 rings (SSSR count). The second-order valence-electron chi connectivity index (χ2n) is 11.8. The van der Waals surface area contributed by atoms with Crippen LogP contribution in [-0.4, -0.2) is 73.0 Å². The van der Waals surface area contributed by atoms with Crippen molar-refractivity contribution in [2.45, 2.75) is 45.1 Å². The summed E-state index contributed by atoms with van der Waals surface area (Å²) in [4.78, 5) is 18.7. The number of hydrogen-bond acceptors (Lipinski definition) is 6. The summed E-state index contributed by atoms with van der Waals surface area (Å²) in [5, 5.41) is 14.7. The van der Waals surface area contributed by atoms with Crippen LogP contribution in [0.15, 0.2) is 54.6 Å². The average molecular weight is 603 g/mol. The van der Waals surface area contributed by atoms with E-state index in [1.165, 1.54) is 38.1 Å². The number of fused-ring (bicyclic) bond motifs is 1. The number of likely N-dealkylation sites (tertiary alicyclic amines) is 1. The van der Waals surface area contributed by atoms with Crippen LogP contribution in [0, 0.1) is 11.6 Å². The standard InChI is InChI=1S/C34H40F2N6O2/c1-2-42(14-13-41-11-3-4-12-41)28-6-7-29(32(22-28)37-27-9-15-44-16-10-27)34(43)38-33-30-20-23(5-8-31(30)39-40-33)17-24-18-25(35)21-26(36)19-24/h5-8,18-22,27,37H,2-4,9-17H2,1H3,(H2,38,39,40,43). The normalized spacial score (nSPS) is 16.0. The molecule has 0 saturated carbocycles. The summed E-state index contributed by atoms with van der Waals surface area (Å²) in [5.74, 6) is -1.08. The minimum absolute atomic E-state index is 0.214. The van der Waals surface area contributed by atoms with Gasteiger partial charge in [0, 0.05) is 61.7 Å². The van der Waals surface area contributed by atoms with E-state index in [2.05, 4.69) is 43.6 Å². The summed E-state index contributed by atoms with van der Waals surface area (Å²) in [6.07, 6.45) is 4.64. The molecule has 0 aliphatic carbocycles. The zero-order valence-electron chi connectivity index (χ0n) is 25.2. The molecule has 4 aromatic rings. The van der Waals surface area contributed by atoms with Crippen molar-refractivity contribution >= 4 is 34.0 Å². The topological polar surface area (TPSA) is 85.5 Å². The van der Waals surface area contributed by atoms with Gasteiger partial charge in [0.2, 0.25) is 0 Å². The predicted octanol–water partition coefficient (Wildman–Crippen LogP) is 6.20. The number of benzene rings is 3. The third-order valence-corrected chi connectivity index (χ3v) is 8.65. The Morgan fingerprint density at radius 2 is 1.80 bits per heavy atom. The number of nitrogens with one attached hydrogen (secondary N) is 3. The number of H-pyrrole nitrogens is 1. The van der Waals surface area contributed by atoms with Crippen LogP contribution >= 0.6 is 0 Å². The minimum Gasteiger partial charge on any atom is -0.381 e. The molecule has 1 amide bonds. The van der Waals surface area contributed by atoms with Crippen LogP contribution in [0.25, 0.3) is 10.9 Å². The number of ether oxygens (including phenoxy) is 1. The molecule has 0 radical (unpaired) electrons. The molecule has 2 aliphatic rings. The molecule has 44 heavy (non-hydrogen) atoms. The summed E-state index contributed by atoms with van der Waals surface area (Å²) in [5.41, 5.74) is 4.54. The van der Waals surface area contributed by atoms with Gasteiger partial charge in [-0.3, -0.25) is 9.89 Å². The van der Waals surface area contributed by atoms with Gasteiger partial charge in [0.1, 0.15) is 11.6 Å². The lowest BCUT2D eigenvalue weighted by Crippen LogP contribution is -2.34. The molecule has 1 aromatic heterocycles. The van der Waals surface area contributed by atoms with Crippen LogP contribution < -0.4 is 15.5 Å². The van der Waals surface area contributed by atoms with Crippen molar-refractivity contribution in [3.63, 3.8) is 0 Å². The summed E-state index contributed by atoms with van der Waals surface area (Å²) >= 11 is 0. The quantitative estimate of drug-likeness (QED) is 0.190. The van der Waals surface area contributed by atoms with Crippen molar-refractivity contribution in [3.05, 3.63) is 82.9 Å². The van der Waals surface area contributed by atoms with Crippen LogP contribution in [0.4, 0.5) is 26.0 Å². The van der Waals surface area contributed by atoms with Crippen molar-refractivity contribution < 1.29 is 18.3 Å². The van der Waals surface area contributed by atoms with Crippen molar-refractivity contribution in [1.82, 2.24) is 15.1 Å². The van der Waals surface area contributed by atoms with Crippen molar-refractivity contribution in [2.75, 3.05) is 61.5 Å². The van der Waals surface area contributed by atoms with Crippen LogP contribution in [0.2, 0.25) is 0 Å². The molecular weight excluding hydrogens is 562 g/mol. The molecule has 2 saturated heterocycles. The lowest BCUT2D eigenvalue weighted by molar-refractivity contribution is 0.0904. The van der Waals surface area contributed by atoms with Crippen molar-refractivity contribution in [3.8, 4) is 0 Å². The Morgan fingerprint density at radius 1 is 1.02 bits per heavy atom. The van der Waals surface area contributed by atoms with Crippen LogP contribution in [0.5, 0.6) is 0 Å². The number of amides is 1. The highest BCUT2D eigenvalue weighted by Gasteiger charge is 2.21. The number of halogens is 2. The maximum Gasteiger partial charge on any atom is 0.258 e. The van der Waals surface area contributed by atoms with Crippen molar-refractivity contribution in [2.24, 2.45) is 0 Å². The Labute approximate surface area is 256 Å². The molecule has 3 heterocycles. The fourth-order valence-corrected chi connectivity index (χ4v) is 6.24. The highest BCUT2D eigenvalue weighted by molar-refractivity contribution is 6.11. The highest BCUT2D eigenvalue weighted by atomic mass is 19.1. The number of carbonyl (C=O) groups is 1. The first-order valence-corrected chi connectivity index (χ1v) is 15.6. The maximum atomic E-state index is 13.8. The van der Waals surface area contributed by atoms with Gasteiger partial charge >= 0.3 is 0 Å². The Kier molecular flexibility index (Phi) is 9.37. The van der Waals surface area contributed by atoms with Gasteiger partial charge in [-0.1, -0.05) is 6.07 Å². The smallest absolute Gasteiger partial charge is 0.258 e. The Morgan fingerprint density at radius 3 is 2.55 bits per heavy atom. The van der Waals surface area contributed by atoms with Gasteiger partial charge in [-0.25, -0.2) is 8.78 Å². The summed E-state index contributed by atoms with van der Waals surface area (Å²) < 4.78 is 33.1. The highest BCUT2D eigenvalue weighted by Crippen LogP contribution is 2.29. The number of likely N-dealkylation sites (N-methyl/N-ethyl adjacent to an activating group) is 1. The zero-order chi connectivity index (χ0) is 30.5. The van der Waals surface area contributed by atoms with Gasteiger partial charge in [-0.2, -0.15) is 5.10 Å². The van der Waals surface area contributed by atoms with Gasteiger partial charge in [0.15, 0.2) is 5.82 Å². The van der Waals surface area contributed by atoms with Crippen molar-refractivity contribution in [1.29, 1.82) is 0 Å². The summed E-state index contributed by atoms with van der Waals surface area (Å²) in [7, 11) is 0. The molecule has 3 N–H and O–H groups in total. The molecule has 0 unspecified atom stereocenters. The predicted molar refractivity (Wildman–Crippen MR) is 171 cm³/mol.